The number of para-hydroxylation sites is 1. The molecule has 1 aromatic carbocycles. The van der Waals surface area contributed by atoms with Gasteiger partial charge < -0.3 is 23.8 Å². The van der Waals surface area contributed by atoms with Gasteiger partial charge in [-0.3, -0.25) is 23.7 Å². The molecule has 0 spiro atoms. The van der Waals surface area contributed by atoms with Crippen LogP contribution in [0.15, 0.2) is 52.2 Å². The molecule has 37 heavy (non-hydrogen) atoms. The van der Waals surface area contributed by atoms with Crippen LogP contribution in [0.1, 0.15) is 13.2 Å². The number of methoxy groups -OCH3 is 1. The number of carbonyl (C=O) groups is 1. The first-order valence-electron chi connectivity index (χ1n) is 10.9. The SMILES string of the molecule is COCCOC(=O)[C@H](C)N[P@](=O)(OC[C@H]1O[C@@H](n2ccc(=O)[nH]c2=O)C(F)(F)[C@@H]1O)Oc1ccccc1. The zero-order valence-electron chi connectivity index (χ0n) is 19.7. The second kappa shape index (κ2) is 12.1. The molecule has 1 aliphatic heterocycles. The van der Waals surface area contributed by atoms with E-state index in [1.165, 1.54) is 26.2 Å². The Balaban J connectivity index is 1.77. The quantitative estimate of drug-likeness (QED) is 0.195. The number of aromatic amines is 1. The van der Waals surface area contributed by atoms with Gasteiger partial charge in [-0.25, -0.2) is 9.36 Å². The number of rotatable bonds is 12. The molecular formula is C21H26F2N3O10P. The Labute approximate surface area is 208 Å². The second-order valence-corrected chi connectivity index (χ2v) is 9.57. The number of H-pyrrole nitrogens is 1. The van der Waals surface area contributed by atoms with Crippen molar-refractivity contribution < 1.29 is 46.5 Å². The molecule has 0 radical (unpaired) electrons. The summed E-state index contributed by atoms with van der Waals surface area (Å²) in [7, 11) is -3.04. The summed E-state index contributed by atoms with van der Waals surface area (Å²) in [6.07, 6.45) is -5.77. The number of aromatic nitrogens is 2. The predicted octanol–water partition coefficient (Wildman–Crippen LogP) is 0.802. The number of benzene rings is 1. The van der Waals surface area contributed by atoms with Crippen molar-refractivity contribution in [3.63, 3.8) is 0 Å². The van der Waals surface area contributed by atoms with E-state index in [-0.39, 0.29) is 19.0 Å². The predicted molar refractivity (Wildman–Crippen MR) is 122 cm³/mol. The van der Waals surface area contributed by atoms with Crippen LogP contribution in [0.4, 0.5) is 8.78 Å². The third-order valence-corrected chi connectivity index (χ3v) is 6.74. The zero-order chi connectivity index (χ0) is 27.2. The largest absolute Gasteiger partial charge is 0.462 e. The van der Waals surface area contributed by atoms with E-state index in [2.05, 4.69) is 5.09 Å². The van der Waals surface area contributed by atoms with Crippen LogP contribution < -0.4 is 20.9 Å². The van der Waals surface area contributed by atoms with Gasteiger partial charge in [0.25, 0.3) is 5.56 Å². The molecule has 204 valence electrons. The normalized spacial score (nSPS) is 23.2. The number of aliphatic hydroxyl groups excluding tert-OH is 1. The van der Waals surface area contributed by atoms with Crippen molar-refractivity contribution in [2.75, 3.05) is 26.9 Å². The summed E-state index contributed by atoms with van der Waals surface area (Å²) >= 11 is 0. The van der Waals surface area contributed by atoms with Crippen LogP contribution in [-0.2, 0) is 28.1 Å². The highest BCUT2D eigenvalue weighted by atomic mass is 31.2. The fraction of sp³-hybridized carbons (Fsp3) is 0.476. The van der Waals surface area contributed by atoms with E-state index in [1.807, 2.05) is 4.98 Å². The van der Waals surface area contributed by atoms with E-state index in [9.17, 15) is 32.8 Å². The first kappa shape index (κ1) is 28.6. The highest BCUT2D eigenvalue weighted by Gasteiger charge is 2.60. The van der Waals surface area contributed by atoms with Crippen molar-refractivity contribution in [3.05, 3.63) is 63.4 Å². The fourth-order valence-electron chi connectivity index (χ4n) is 3.24. The highest BCUT2D eigenvalue weighted by molar-refractivity contribution is 7.52. The van der Waals surface area contributed by atoms with E-state index in [0.717, 1.165) is 12.3 Å². The number of ether oxygens (including phenoxy) is 3. The summed E-state index contributed by atoms with van der Waals surface area (Å²) < 4.78 is 69.1. The number of carbonyl (C=O) groups excluding carboxylic acids is 1. The lowest BCUT2D eigenvalue weighted by molar-refractivity contribution is -0.146. The van der Waals surface area contributed by atoms with Gasteiger partial charge in [-0.05, 0) is 19.1 Å². The van der Waals surface area contributed by atoms with Crippen LogP contribution in [0.25, 0.3) is 0 Å². The molecule has 0 aliphatic carbocycles. The number of nitrogens with zero attached hydrogens (tertiary/aromatic N) is 1. The van der Waals surface area contributed by atoms with Crippen LogP contribution in [0.3, 0.4) is 0 Å². The van der Waals surface area contributed by atoms with Crippen LogP contribution in [0.5, 0.6) is 5.75 Å². The van der Waals surface area contributed by atoms with Crippen molar-refractivity contribution in [1.29, 1.82) is 0 Å². The van der Waals surface area contributed by atoms with Gasteiger partial charge in [0.2, 0.25) is 6.23 Å². The molecule has 0 unspecified atom stereocenters. The average molecular weight is 549 g/mol. The van der Waals surface area contributed by atoms with Crippen LogP contribution >= 0.6 is 7.75 Å². The Morgan fingerprint density at radius 1 is 1.27 bits per heavy atom. The van der Waals surface area contributed by atoms with Gasteiger partial charge in [0.05, 0.1) is 13.2 Å². The van der Waals surface area contributed by atoms with Gasteiger partial charge in [-0.15, -0.1) is 0 Å². The molecule has 1 aliphatic rings. The maximum atomic E-state index is 14.8. The third kappa shape index (κ3) is 7.09. The van der Waals surface area contributed by atoms with E-state index < -0.39 is 62.0 Å². The molecular weight excluding hydrogens is 523 g/mol. The molecule has 3 rings (SSSR count). The molecule has 0 bridgehead atoms. The summed E-state index contributed by atoms with van der Waals surface area (Å²) in [5.41, 5.74) is -2.01. The van der Waals surface area contributed by atoms with Gasteiger partial charge in [0, 0.05) is 19.4 Å². The standard InChI is InChI=1S/C21H26F2N3O10P/c1-13(18(29)33-11-10-32-2)25-37(31,36-14-6-4-3-5-7-14)34-12-15-17(28)21(22,23)19(35-15)26-9-8-16(27)24-20(26)30/h3-9,13,15,17,19,28H,10-12H2,1-2H3,(H,25,31)(H,24,27,30)/t13-,15+,17+,19+,37-/m0/s1. The summed E-state index contributed by atoms with van der Waals surface area (Å²) in [4.78, 5) is 37.3. The lowest BCUT2D eigenvalue weighted by Gasteiger charge is -2.24. The van der Waals surface area contributed by atoms with Crippen LogP contribution in [0.2, 0.25) is 0 Å². The highest BCUT2D eigenvalue weighted by Crippen LogP contribution is 2.47. The summed E-state index contributed by atoms with van der Waals surface area (Å²) in [5.74, 6) is -4.75. The molecule has 1 fully saturated rings. The maximum Gasteiger partial charge on any atom is 0.459 e. The van der Waals surface area contributed by atoms with Gasteiger partial charge in [0.1, 0.15) is 24.5 Å². The minimum absolute atomic E-state index is 0.0640. The number of alkyl halides is 2. The molecule has 1 aromatic heterocycles. The molecule has 13 nitrogen and oxygen atoms in total. The van der Waals surface area contributed by atoms with Crippen molar-refractivity contribution in [1.82, 2.24) is 14.6 Å². The molecule has 3 N–H and O–H groups in total. The molecule has 2 aromatic rings. The Kier molecular flexibility index (Phi) is 9.34. The zero-order valence-corrected chi connectivity index (χ0v) is 20.6. The van der Waals surface area contributed by atoms with Crippen LogP contribution in [0, 0.1) is 0 Å². The van der Waals surface area contributed by atoms with Gasteiger partial charge >= 0.3 is 25.3 Å². The monoisotopic (exact) mass is 549 g/mol. The molecule has 1 saturated heterocycles. The first-order chi connectivity index (χ1) is 17.5. The summed E-state index contributed by atoms with van der Waals surface area (Å²) in [6, 6.07) is 7.27. The molecule has 2 heterocycles. The van der Waals surface area contributed by atoms with Crippen molar-refractivity contribution in [3.8, 4) is 5.75 Å². The number of esters is 1. The smallest absolute Gasteiger partial charge is 0.459 e. The van der Waals surface area contributed by atoms with Crippen molar-refractivity contribution >= 4 is 13.7 Å². The van der Waals surface area contributed by atoms with Crippen molar-refractivity contribution in [2.24, 2.45) is 0 Å². The number of nitrogens with one attached hydrogen (secondary N) is 2. The Bertz CT molecular complexity index is 1220. The fourth-order valence-corrected chi connectivity index (χ4v) is 4.74. The maximum absolute atomic E-state index is 14.8. The lowest BCUT2D eigenvalue weighted by atomic mass is 10.1. The topological polar surface area (TPSA) is 167 Å². The molecule has 0 saturated carbocycles. The Morgan fingerprint density at radius 2 is 1.97 bits per heavy atom. The minimum Gasteiger partial charge on any atom is -0.462 e. The third-order valence-electron chi connectivity index (χ3n) is 5.10. The lowest BCUT2D eigenvalue weighted by Crippen LogP contribution is -2.43. The van der Waals surface area contributed by atoms with Crippen LogP contribution in [-0.4, -0.2) is 71.7 Å². The van der Waals surface area contributed by atoms with Crippen molar-refractivity contribution in [2.45, 2.75) is 37.3 Å². The van der Waals surface area contributed by atoms with Gasteiger partial charge in [-0.2, -0.15) is 13.9 Å². The van der Waals surface area contributed by atoms with Gasteiger partial charge in [0.15, 0.2) is 6.10 Å². The minimum atomic E-state index is -4.45. The van der Waals surface area contributed by atoms with Gasteiger partial charge in [-0.1, -0.05) is 18.2 Å². The Morgan fingerprint density at radius 3 is 2.62 bits per heavy atom. The van der Waals surface area contributed by atoms with E-state index in [1.54, 1.807) is 18.2 Å². The number of hydrogen-bond acceptors (Lipinski definition) is 10. The summed E-state index contributed by atoms with van der Waals surface area (Å²) in [5, 5.41) is 12.6. The molecule has 16 heteroatoms. The number of aliphatic hydroxyl groups is 1. The first-order valence-corrected chi connectivity index (χ1v) is 12.5. The average Bonchev–Trinajstić information content (AvgIpc) is 3.07. The number of hydrogen-bond donors (Lipinski definition) is 3. The number of halogens is 2. The summed E-state index contributed by atoms with van der Waals surface area (Å²) in [6.45, 7) is 0.466. The van der Waals surface area contributed by atoms with E-state index >= 15 is 0 Å². The molecule has 5 atom stereocenters. The van der Waals surface area contributed by atoms with E-state index in [0.29, 0.717) is 4.57 Å². The second-order valence-electron chi connectivity index (χ2n) is 7.87. The van der Waals surface area contributed by atoms with E-state index in [4.69, 9.17) is 23.3 Å². The Hall–Kier alpha value is -2.94. The molecule has 0 amide bonds.